The van der Waals surface area contributed by atoms with Crippen molar-refractivity contribution in [3.05, 3.63) is 94.5 Å². The molecule has 0 bridgehead atoms. The van der Waals surface area contributed by atoms with Gasteiger partial charge in [0, 0.05) is 18.1 Å². The molecule has 1 atom stereocenters. The van der Waals surface area contributed by atoms with Crippen molar-refractivity contribution in [1.29, 1.82) is 0 Å². The van der Waals surface area contributed by atoms with Crippen LogP contribution in [-0.2, 0) is 26.2 Å². The molecule has 9 heteroatoms. The molecule has 0 saturated carbocycles. The first-order valence-electron chi connectivity index (χ1n) is 13.4. The lowest BCUT2D eigenvalue weighted by atomic mass is 10.0. The predicted octanol–water partition coefficient (Wildman–Crippen LogP) is 5.91. The van der Waals surface area contributed by atoms with Gasteiger partial charge in [0.2, 0.25) is 11.8 Å². The first-order chi connectivity index (χ1) is 18.9. The van der Waals surface area contributed by atoms with E-state index >= 15 is 0 Å². The van der Waals surface area contributed by atoms with Gasteiger partial charge >= 0.3 is 0 Å². The fourth-order valence-corrected chi connectivity index (χ4v) is 5.83. The number of nitrogens with zero attached hydrogens (tertiary/aromatic N) is 2. The minimum atomic E-state index is -4.11. The summed E-state index contributed by atoms with van der Waals surface area (Å²) in [5.41, 5.74) is 3.06. The van der Waals surface area contributed by atoms with Gasteiger partial charge in [0.1, 0.15) is 12.6 Å². The van der Waals surface area contributed by atoms with Gasteiger partial charge in [-0.1, -0.05) is 74.3 Å². The fraction of sp³-hybridized carbons (Fsp3) is 0.355. The van der Waals surface area contributed by atoms with Gasteiger partial charge in [-0.25, -0.2) is 8.42 Å². The van der Waals surface area contributed by atoms with Crippen molar-refractivity contribution in [3.8, 4) is 0 Å². The molecule has 0 heterocycles. The van der Waals surface area contributed by atoms with Crippen LogP contribution in [-0.4, -0.2) is 44.3 Å². The van der Waals surface area contributed by atoms with Crippen LogP contribution in [0.1, 0.15) is 56.7 Å². The summed E-state index contributed by atoms with van der Waals surface area (Å²) in [6, 6.07) is 19.9. The zero-order valence-electron chi connectivity index (χ0n) is 23.7. The van der Waals surface area contributed by atoms with Crippen LogP contribution in [0.2, 0.25) is 5.02 Å². The van der Waals surface area contributed by atoms with Crippen LogP contribution in [0, 0.1) is 6.92 Å². The lowest BCUT2D eigenvalue weighted by Gasteiger charge is -2.32. The molecule has 40 heavy (non-hydrogen) atoms. The van der Waals surface area contributed by atoms with E-state index in [0.29, 0.717) is 17.3 Å². The highest BCUT2D eigenvalue weighted by atomic mass is 35.5. The van der Waals surface area contributed by atoms with Crippen molar-refractivity contribution in [1.82, 2.24) is 10.2 Å². The summed E-state index contributed by atoms with van der Waals surface area (Å²) >= 11 is 6.19. The van der Waals surface area contributed by atoms with Crippen molar-refractivity contribution in [3.63, 3.8) is 0 Å². The molecular weight excluding hydrogens is 546 g/mol. The van der Waals surface area contributed by atoms with Gasteiger partial charge in [-0.15, -0.1) is 0 Å². The number of carbonyl (C=O) groups is 2. The molecule has 0 radical (unpaired) electrons. The van der Waals surface area contributed by atoms with E-state index in [4.69, 9.17) is 11.6 Å². The number of halogens is 1. The van der Waals surface area contributed by atoms with Gasteiger partial charge in [-0.05, 0) is 73.7 Å². The standard InChI is InChI=1S/C31H38ClN3O4S/c1-6-18-33-31(37)24(5)34(20-25-8-7-9-27(32)19-25)30(36)21-35(28-14-12-26(13-15-28)22(2)3)40(38,39)29-16-10-23(4)11-17-29/h7-17,19,22,24H,6,18,20-21H2,1-5H3,(H,33,37)/t24-/m1/s1. The van der Waals surface area contributed by atoms with E-state index in [9.17, 15) is 18.0 Å². The highest BCUT2D eigenvalue weighted by Gasteiger charge is 2.32. The minimum absolute atomic E-state index is 0.0777. The maximum absolute atomic E-state index is 14.0. The molecular formula is C31H38ClN3O4S. The summed E-state index contributed by atoms with van der Waals surface area (Å²) < 4.78 is 29.0. The van der Waals surface area contributed by atoms with Gasteiger partial charge in [0.05, 0.1) is 10.6 Å². The van der Waals surface area contributed by atoms with Crippen LogP contribution in [0.4, 0.5) is 5.69 Å². The zero-order valence-corrected chi connectivity index (χ0v) is 25.3. The van der Waals surface area contributed by atoms with Crippen molar-refractivity contribution in [2.75, 3.05) is 17.4 Å². The number of aryl methyl sites for hydroxylation is 1. The average Bonchev–Trinajstić information content (AvgIpc) is 2.93. The topological polar surface area (TPSA) is 86.8 Å². The smallest absolute Gasteiger partial charge is 0.264 e. The highest BCUT2D eigenvalue weighted by Crippen LogP contribution is 2.27. The van der Waals surface area contributed by atoms with Crippen LogP contribution >= 0.6 is 11.6 Å². The Balaban J connectivity index is 2.03. The molecule has 3 rings (SSSR count). The predicted molar refractivity (Wildman–Crippen MR) is 161 cm³/mol. The Labute approximate surface area is 243 Å². The van der Waals surface area contributed by atoms with Gasteiger partial charge in [0.15, 0.2) is 0 Å². The summed E-state index contributed by atoms with van der Waals surface area (Å²) in [7, 11) is -4.11. The molecule has 3 aromatic rings. The number of amides is 2. The second kappa shape index (κ2) is 13.8. The molecule has 0 saturated heterocycles. The van der Waals surface area contributed by atoms with Crippen molar-refractivity contribution >= 4 is 39.1 Å². The number of hydrogen-bond acceptors (Lipinski definition) is 4. The third-order valence-electron chi connectivity index (χ3n) is 6.69. The van der Waals surface area contributed by atoms with Crippen LogP contribution in [0.15, 0.2) is 77.7 Å². The summed E-state index contributed by atoms with van der Waals surface area (Å²) in [6.07, 6.45) is 0.746. The van der Waals surface area contributed by atoms with Gasteiger partial charge < -0.3 is 10.2 Å². The summed E-state index contributed by atoms with van der Waals surface area (Å²) in [5.74, 6) is -0.567. The molecule has 0 aromatic heterocycles. The van der Waals surface area contributed by atoms with E-state index in [2.05, 4.69) is 19.2 Å². The number of anilines is 1. The minimum Gasteiger partial charge on any atom is -0.354 e. The monoisotopic (exact) mass is 583 g/mol. The molecule has 0 aliphatic rings. The van der Waals surface area contributed by atoms with E-state index < -0.39 is 28.5 Å². The van der Waals surface area contributed by atoms with Crippen LogP contribution < -0.4 is 9.62 Å². The number of rotatable bonds is 12. The van der Waals surface area contributed by atoms with Crippen LogP contribution in [0.5, 0.6) is 0 Å². The van der Waals surface area contributed by atoms with Gasteiger partial charge in [-0.2, -0.15) is 0 Å². The van der Waals surface area contributed by atoms with Crippen LogP contribution in [0.3, 0.4) is 0 Å². The quantitative estimate of drug-likeness (QED) is 0.287. The van der Waals surface area contributed by atoms with Gasteiger partial charge in [-0.3, -0.25) is 13.9 Å². The third kappa shape index (κ3) is 7.86. The first-order valence-corrected chi connectivity index (χ1v) is 15.3. The zero-order chi connectivity index (χ0) is 29.4. The molecule has 0 spiro atoms. The fourth-order valence-electron chi connectivity index (χ4n) is 4.20. The lowest BCUT2D eigenvalue weighted by molar-refractivity contribution is -0.139. The second-order valence-corrected chi connectivity index (χ2v) is 12.5. The Morgan fingerprint density at radius 2 is 1.60 bits per heavy atom. The second-order valence-electron chi connectivity index (χ2n) is 10.2. The molecule has 1 N–H and O–H groups in total. The van der Waals surface area contributed by atoms with E-state index in [1.54, 1.807) is 49.4 Å². The molecule has 2 amide bonds. The number of carbonyl (C=O) groups excluding carboxylic acids is 2. The summed E-state index contributed by atoms with van der Waals surface area (Å²) in [5, 5.41) is 3.34. The Morgan fingerprint density at radius 1 is 0.950 bits per heavy atom. The van der Waals surface area contributed by atoms with Crippen molar-refractivity contribution in [2.45, 2.75) is 64.4 Å². The number of sulfonamides is 1. The molecule has 214 valence electrons. The molecule has 0 unspecified atom stereocenters. The van der Waals surface area contributed by atoms with Crippen LogP contribution in [0.25, 0.3) is 0 Å². The Bertz CT molecular complexity index is 1410. The maximum atomic E-state index is 14.0. The third-order valence-corrected chi connectivity index (χ3v) is 8.72. The number of hydrogen-bond donors (Lipinski definition) is 1. The van der Waals surface area contributed by atoms with E-state index in [1.807, 2.05) is 32.0 Å². The highest BCUT2D eigenvalue weighted by molar-refractivity contribution is 7.92. The van der Waals surface area contributed by atoms with E-state index in [0.717, 1.165) is 27.4 Å². The molecule has 3 aromatic carbocycles. The van der Waals surface area contributed by atoms with Gasteiger partial charge in [0.25, 0.3) is 10.0 Å². The average molecular weight is 584 g/mol. The Kier molecular flexibility index (Phi) is 10.8. The van der Waals surface area contributed by atoms with E-state index in [1.165, 1.54) is 17.0 Å². The molecule has 0 aliphatic carbocycles. The summed E-state index contributed by atoms with van der Waals surface area (Å²) in [4.78, 5) is 28.4. The Hall–Kier alpha value is -3.36. The Morgan fingerprint density at radius 3 is 2.17 bits per heavy atom. The number of benzene rings is 3. The van der Waals surface area contributed by atoms with Crippen molar-refractivity contribution in [2.24, 2.45) is 0 Å². The van der Waals surface area contributed by atoms with Crippen molar-refractivity contribution < 1.29 is 18.0 Å². The first kappa shape index (κ1) is 31.2. The summed E-state index contributed by atoms with van der Waals surface area (Å²) in [6.45, 7) is 9.64. The number of nitrogens with one attached hydrogen (secondary N) is 1. The molecule has 0 fully saturated rings. The SMILES string of the molecule is CCCNC(=O)[C@@H](C)N(Cc1cccc(Cl)c1)C(=O)CN(c1ccc(C(C)C)cc1)S(=O)(=O)c1ccc(C)cc1. The maximum Gasteiger partial charge on any atom is 0.264 e. The lowest BCUT2D eigenvalue weighted by Crippen LogP contribution is -2.51. The van der Waals surface area contributed by atoms with E-state index in [-0.39, 0.29) is 23.3 Å². The normalized spacial score (nSPS) is 12.2. The molecule has 0 aliphatic heterocycles. The molecule has 7 nitrogen and oxygen atoms in total. The largest absolute Gasteiger partial charge is 0.354 e.